The molecule has 2 heterocycles. The minimum absolute atomic E-state index is 0.146. The van der Waals surface area contributed by atoms with Crippen molar-refractivity contribution in [2.24, 2.45) is 0 Å². The van der Waals surface area contributed by atoms with Crippen molar-refractivity contribution in [2.75, 3.05) is 31.5 Å². The topological polar surface area (TPSA) is 96.3 Å². The van der Waals surface area contributed by atoms with Crippen LogP contribution in [0.5, 0.6) is 0 Å². The van der Waals surface area contributed by atoms with Gasteiger partial charge in [-0.05, 0) is 44.9 Å². The molecule has 2 aromatic rings. The summed E-state index contributed by atoms with van der Waals surface area (Å²) in [5.41, 5.74) is 2.05. The fourth-order valence-corrected chi connectivity index (χ4v) is 4.81. The predicted octanol–water partition coefficient (Wildman–Crippen LogP) is 2.48. The highest BCUT2D eigenvalue weighted by atomic mass is 32.2. The van der Waals surface area contributed by atoms with Crippen molar-refractivity contribution in [3.05, 3.63) is 54.1 Å². The Kier molecular flexibility index (Phi) is 7.28. The molecule has 0 aliphatic carbocycles. The molecule has 0 saturated carbocycles. The van der Waals surface area contributed by atoms with Gasteiger partial charge in [0.2, 0.25) is 10.0 Å². The first-order chi connectivity index (χ1) is 14.4. The number of benzene rings is 1. The van der Waals surface area contributed by atoms with Crippen LogP contribution in [0.15, 0.2) is 53.5 Å². The van der Waals surface area contributed by atoms with Gasteiger partial charge in [-0.25, -0.2) is 13.4 Å². The second-order valence-corrected chi connectivity index (χ2v) is 9.34. The number of hydrogen-bond donors (Lipinski definition) is 2. The first kappa shape index (κ1) is 22.0. The van der Waals surface area contributed by atoms with E-state index in [0.717, 1.165) is 18.4 Å². The van der Waals surface area contributed by atoms with E-state index in [1.54, 1.807) is 24.7 Å². The van der Waals surface area contributed by atoms with Crippen LogP contribution in [-0.4, -0.2) is 54.4 Å². The van der Waals surface area contributed by atoms with E-state index in [1.165, 1.54) is 10.4 Å². The molecule has 1 aliphatic rings. The SMILES string of the molecule is C/C=C(\C)CNc1cc(C(=O)NCCn2ccnc2)cc(S(=O)(=O)N2CCCC2)c1. The maximum Gasteiger partial charge on any atom is 0.251 e. The van der Waals surface area contributed by atoms with Crippen LogP contribution in [-0.2, 0) is 16.6 Å². The first-order valence-electron chi connectivity index (χ1n) is 10.1. The molecule has 1 saturated heterocycles. The maximum absolute atomic E-state index is 13.1. The number of imidazole rings is 1. The zero-order valence-corrected chi connectivity index (χ0v) is 18.3. The van der Waals surface area contributed by atoms with Gasteiger partial charge in [0.15, 0.2) is 0 Å². The van der Waals surface area contributed by atoms with Crippen LogP contribution in [0.4, 0.5) is 5.69 Å². The molecule has 9 heteroatoms. The molecule has 0 atom stereocenters. The van der Waals surface area contributed by atoms with Gasteiger partial charge in [0.25, 0.3) is 5.91 Å². The van der Waals surface area contributed by atoms with Crippen molar-refractivity contribution in [1.82, 2.24) is 19.2 Å². The number of hydrogen-bond acceptors (Lipinski definition) is 5. The Balaban J connectivity index is 1.81. The van der Waals surface area contributed by atoms with Gasteiger partial charge in [-0.15, -0.1) is 0 Å². The number of nitrogens with zero attached hydrogens (tertiary/aromatic N) is 3. The quantitative estimate of drug-likeness (QED) is 0.595. The van der Waals surface area contributed by atoms with E-state index in [2.05, 4.69) is 15.6 Å². The van der Waals surface area contributed by atoms with Crippen molar-refractivity contribution in [3.63, 3.8) is 0 Å². The molecule has 1 aromatic heterocycles. The number of carbonyl (C=O) groups is 1. The minimum Gasteiger partial charge on any atom is -0.381 e. The fraction of sp³-hybridized carbons (Fsp3) is 0.429. The van der Waals surface area contributed by atoms with E-state index in [0.29, 0.717) is 44.0 Å². The molecular formula is C21H29N5O3S. The maximum atomic E-state index is 13.1. The van der Waals surface area contributed by atoms with Gasteiger partial charge in [0.05, 0.1) is 11.2 Å². The minimum atomic E-state index is -3.63. The molecule has 3 rings (SSSR count). The van der Waals surface area contributed by atoms with Crippen molar-refractivity contribution in [1.29, 1.82) is 0 Å². The fourth-order valence-electron chi connectivity index (χ4n) is 3.22. The molecule has 8 nitrogen and oxygen atoms in total. The highest BCUT2D eigenvalue weighted by molar-refractivity contribution is 7.89. The molecule has 1 amide bonds. The summed E-state index contributed by atoms with van der Waals surface area (Å²) in [6.45, 7) is 6.55. The second-order valence-electron chi connectivity index (χ2n) is 7.40. The number of allylic oxidation sites excluding steroid dienone is 1. The van der Waals surface area contributed by atoms with Gasteiger partial charge in [-0.3, -0.25) is 4.79 Å². The highest BCUT2D eigenvalue weighted by Crippen LogP contribution is 2.25. The Labute approximate surface area is 178 Å². The monoisotopic (exact) mass is 431 g/mol. The number of sulfonamides is 1. The Morgan fingerprint density at radius 1 is 1.23 bits per heavy atom. The lowest BCUT2D eigenvalue weighted by molar-refractivity contribution is 0.0952. The van der Waals surface area contributed by atoms with Gasteiger partial charge >= 0.3 is 0 Å². The molecule has 2 N–H and O–H groups in total. The van der Waals surface area contributed by atoms with E-state index in [4.69, 9.17) is 0 Å². The largest absolute Gasteiger partial charge is 0.381 e. The van der Waals surface area contributed by atoms with Crippen LogP contribution < -0.4 is 10.6 Å². The van der Waals surface area contributed by atoms with Crippen molar-refractivity contribution in [3.8, 4) is 0 Å². The Bertz CT molecular complexity index is 994. The summed E-state index contributed by atoms with van der Waals surface area (Å²) in [6, 6.07) is 4.77. The number of carbonyl (C=O) groups excluding carboxylic acids is 1. The standard InChI is InChI=1S/C21H29N5O3S/c1-3-17(2)15-24-19-12-18(21(27)23-7-11-25-10-6-22-16-25)13-20(14-19)30(28,29)26-8-4-5-9-26/h3,6,10,12-14,16,24H,4-5,7-9,11,15H2,1-2H3,(H,23,27)/b17-3+. The second kappa shape index (κ2) is 9.90. The van der Waals surface area contributed by atoms with Crippen LogP contribution >= 0.6 is 0 Å². The summed E-state index contributed by atoms with van der Waals surface area (Å²) < 4.78 is 29.5. The van der Waals surface area contributed by atoms with Crippen molar-refractivity contribution >= 4 is 21.6 Å². The summed E-state index contributed by atoms with van der Waals surface area (Å²) in [4.78, 5) is 16.9. The Morgan fingerprint density at radius 2 is 2.00 bits per heavy atom. The lowest BCUT2D eigenvalue weighted by Gasteiger charge is -2.18. The number of aromatic nitrogens is 2. The number of rotatable bonds is 9. The number of anilines is 1. The molecule has 0 bridgehead atoms. The zero-order valence-electron chi connectivity index (χ0n) is 17.5. The normalized spacial score (nSPS) is 15.3. The summed E-state index contributed by atoms with van der Waals surface area (Å²) in [5.74, 6) is -0.306. The highest BCUT2D eigenvalue weighted by Gasteiger charge is 2.28. The summed E-state index contributed by atoms with van der Waals surface area (Å²) in [7, 11) is -3.63. The van der Waals surface area contributed by atoms with E-state index in [1.807, 2.05) is 30.7 Å². The van der Waals surface area contributed by atoms with Gasteiger partial charge in [-0.2, -0.15) is 4.31 Å². The third kappa shape index (κ3) is 5.48. The first-order valence-corrected chi connectivity index (χ1v) is 11.6. The average molecular weight is 432 g/mol. The average Bonchev–Trinajstić information content (AvgIpc) is 3.46. The van der Waals surface area contributed by atoms with Crippen molar-refractivity contribution in [2.45, 2.75) is 38.1 Å². The zero-order chi connectivity index (χ0) is 21.6. The third-order valence-corrected chi connectivity index (χ3v) is 7.03. The molecule has 0 radical (unpaired) electrons. The predicted molar refractivity (Wildman–Crippen MR) is 117 cm³/mol. The summed E-state index contributed by atoms with van der Waals surface area (Å²) in [5, 5.41) is 6.08. The van der Waals surface area contributed by atoms with Crippen LogP contribution in [0.2, 0.25) is 0 Å². The van der Waals surface area contributed by atoms with E-state index < -0.39 is 10.0 Å². The Morgan fingerprint density at radius 3 is 2.67 bits per heavy atom. The van der Waals surface area contributed by atoms with Gasteiger partial charge in [0.1, 0.15) is 0 Å². The van der Waals surface area contributed by atoms with E-state index in [-0.39, 0.29) is 10.8 Å². The van der Waals surface area contributed by atoms with Crippen LogP contribution in [0.3, 0.4) is 0 Å². The molecule has 1 aromatic carbocycles. The Hall–Kier alpha value is -2.65. The van der Waals surface area contributed by atoms with Gasteiger partial charge in [-0.1, -0.05) is 11.6 Å². The third-order valence-electron chi connectivity index (χ3n) is 5.15. The van der Waals surface area contributed by atoms with Gasteiger partial charge < -0.3 is 15.2 Å². The van der Waals surface area contributed by atoms with Crippen LogP contribution in [0.25, 0.3) is 0 Å². The lowest BCUT2D eigenvalue weighted by atomic mass is 10.1. The number of nitrogens with one attached hydrogen (secondary N) is 2. The summed E-state index contributed by atoms with van der Waals surface area (Å²) >= 11 is 0. The molecule has 1 aliphatic heterocycles. The van der Waals surface area contributed by atoms with E-state index >= 15 is 0 Å². The molecule has 0 unspecified atom stereocenters. The van der Waals surface area contributed by atoms with E-state index in [9.17, 15) is 13.2 Å². The summed E-state index contributed by atoms with van der Waals surface area (Å²) in [6.07, 6.45) is 8.89. The molecule has 0 spiro atoms. The van der Waals surface area contributed by atoms with Gasteiger partial charge in [0, 0.05) is 56.4 Å². The molecular weight excluding hydrogens is 402 g/mol. The number of amides is 1. The van der Waals surface area contributed by atoms with Crippen LogP contribution in [0.1, 0.15) is 37.0 Å². The molecule has 1 fully saturated rings. The molecule has 162 valence electrons. The van der Waals surface area contributed by atoms with Crippen LogP contribution in [0, 0.1) is 0 Å². The smallest absolute Gasteiger partial charge is 0.251 e. The lowest BCUT2D eigenvalue weighted by Crippen LogP contribution is -2.29. The molecule has 30 heavy (non-hydrogen) atoms. The van der Waals surface area contributed by atoms with Crippen molar-refractivity contribution < 1.29 is 13.2 Å².